The first-order valence-electron chi connectivity index (χ1n) is 6.05. The Bertz CT molecular complexity index is 536. The Morgan fingerprint density at radius 3 is 2.78 bits per heavy atom. The molecule has 0 fully saturated rings. The molecular formula is C14H18N2OS. The van der Waals surface area contributed by atoms with Gasteiger partial charge in [0.25, 0.3) is 0 Å². The molecule has 1 atom stereocenters. The number of hydrogen-bond acceptors (Lipinski definition) is 4. The summed E-state index contributed by atoms with van der Waals surface area (Å²) in [5.74, 6) is 1.37. The van der Waals surface area contributed by atoms with E-state index in [9.17, 15) is 0 Å². The summed E-state index contributed by atoms with van der Waals surface area (Å²) in [6.07, 6.45) is 1.12. The number of aromatic nitrogens is 1. The SMILES string of the molecule is CC[C@@H](C)c1ccc(OC)c(-c2csc(N)n2)c1. The molecule has 1 aromatic heterocycles. The fourth-order valence-corrected chi connectivity index (χ4v) is 2.44. The van der Waals surface area contributed by atoms with Crippen LogP contribution >= 0.6 is 11.3 Å². The third kappa shape index (κ3) is 2.48. The van der Waals surface area contributed by atoms with Crippen LogP contribution in [-0.4, -0.2) is 12.1 Å². The summed E-state index contributed by atoms with van der Waals surface area (Å²) in [5, 5.41) is 2.55. The first kappa shape index (κ1) is 12.9. The summed E-state index contributed by atoms with van der Waals surface area (Å²) in [5.41, 5.74) is 8.91. The molecule has 0 aliphatic rings. The molecule has 0 amide bonds. The van der Waals surface area contributed by atoms with Gasteiger partial charge in [0.2, 0.25) is 0 Å². The van der Waals surface area contributed by atoms with Crippen LogP contribution in [0.25, 0.3) is 11.3 Å². The van der Waals surface area contributed by atoms with Gasteiger partial charge in [-0.2, -0.15) is 0 Å². The minimum atomic E-state index is 0.533. The highest BCUT2D eigenvalue weighted by atomic mass is 32.1. The van der Waals surface area contributed by atoms with Crippen LogP contribution in [0, 0.1) is 0 Å². The van der Waals surface area contributed by atoms with Gasteiger partial charge in [0, 0.05) is 10.9 Å². The van der Waals surface area contributed by atoms with Gasteiger partial charge in [-0.05, 0) is 30.0 Å². The van der Waals surface area contributed by atoms with Crippen LogP contribution in [0.3, 0.4) is 0 Å². The first-order chi connectivity index (χ1) is 8.65. The maximum Gasteiger partial charge on any atom is 0.180 e. The number of anilines is 1. The average Bonchev–Trinajstić information content (AvgIpc) is 2.83. The number of methoxy groups -OCH3 is 1. The fraction of sp³-hybridized carbons (Fsp3) is 0.357. The van der Waals surface area contributed by atoms with Gasteiger partial charge in [0.15, 0.2) is 5.13 Å². The molecule has 0 radical (unpaired) electrons. The van der Waals surface area contributed by atoms with E-state index < -0.39 is 0 Å². The lowest BCUT2D eigenvalue weighted by Crippen LogP contribution is -1.95. The second-order valence-corrected chi connectivity index (χ2v) is 5.23. The van der Waals surface area contributed by atoms with E-state index in [-0.39, 0.29) is 0 Å². The Morgan fingerprint density at radius 1 is 1.44 bits per heavy atom. The molecule has 2 aromatic rings. The number of nitrogen functional groups attached to an aromatic ring is 1. The first-order valence-corrected chi connectivity index (χ1v) is 6.93. The molecule has 2 N–H and O–H groups in total. The van der Waals surface area contributed by atoms with Crippen LogP contribution in [0.1, 0.15) is 31.7 Å². The molecule has 3 nitrogen and oxygen atoms in total. The number of benzene rings is 1. The Balaban J connectivity index is 2.49. The molecule has 1 heterocycles. The van der Waals surface area contributed by atoms with Gasteiger partial charge in [-0.15, -0.1) is 11.3 Å². The summed E-state index contributed by atoms with van der Waals surface area (Å²) < 4.78 is 5.40. The van der Waals surface area contributed by atoms with E-state index in [0.29, 0.717) is 11.0 Å². The van der Waals surface area contributed by atoms with E-state index in [1.807, 2.05) is 11.4 Å². The third-order valence-electron chi connectivity index (χ3n) is 3.20. The quantitative estimate of drug-likeness (QED) is 0.908. The maximum atomic E-state index is 5.70. The molecule has 96 valence electrons. The van der Waals surface area contributed by atoms with Gasteiger partial charge >= 0.3 is 0 Å². The van der Waals surface area contributed by atoms with Crippen molar-refractivity contribution < 1.29 is 4.74 Å². The maximum absolute atomic E-state index is 5.70. The summed E-state index contributed by atoms with van der Waals surface area (Å²) in [4.78, 5) is 4.33. The minimum Gasteiger partial charge on any atom is -0.496 e. The van der Waals surface area contributed by atoms with Crippen molar-refractivity contribution in [2.75, 3.05) is 12.8 Å². The van der Waals surface area contributed by atoms with Crippen LogP contribution in [0.15, 0.2) is 23.6 Å². The van der Waals surface area contributed by atoms with Crippen molar-refractivity contribution in [1.29, 1.82) is 0 Å². The Labute approximate surface area is 112 Å². The van der Waals surface area contributed by atoms with Crippen LogP contribution in [0.4, 0.5) is 5.13 Å². The van der Waals surface area contributed by atoms with E-state index in [4.69, 9.17) is 10.5 Å². The molecule has 18 heavy (non-hydrogen) atoms. The Hall–Kier alpha value is -1.55. The lowest BCUT2D eigenvalue weighted by atomic mass is 9.96. The van der Waals surface area contributed by atoms with Crippen LogP contribution in [-0.2, 0) is 0 Å². The van der Waals surface area contributed by atoms with E-state index in [1.165, 1.54) is 16.9 Å². The Morgan fingerprint density at radius 2 is 2.22 bits per heavy atom. The van der Waals surface area contributed by atoms with E-state index in [0.717, 1.165) is 23.4 Å². The molecule has 1 aromatic carbocycles. The zero-order chi connectivity index (χ0) is 13.1. The zero-order valence-corrected chi connectivity index (χ0v) is 11.8. The molecule has 0 saturated carbocycles. The van der Waals surface area contributed by atoms with Gasteiger partial charge in [0.05, 0.1) is 12.8 Å². The number of nitrogens with zero attached hydrogens (tertiary/aromatic N) is 1. The molecule has 0 saturated heterocycles. The standard InChI is InChI=1S/C14H18N2OS/c1-4-9(2)10-5-6-13(17-3)11(7-10)12-8-18-14(15)16-12/h5-9H,4H2,1-3H3,(H2,15,16)/t9-/m1/s1. The predicted octanol–water partition coefficient (Wildman–Crippen LogP) is 3.91. The number of hydrogen-bond donors (Lipinski definition) is 1. The zero-order valence-electron chi connectivity index (χ0n) is 10.9. The van der Waals surface area contributed by atoms with Crippen molar-refractivity contribution >= 4 is 16.5 Å². The topological polar surface area (TPSA) is 48.1 Å². The second-order valence-electron chi connectivity index (χ2n) is 4.34. The van der Waals surface area contributed by atoms with Crippen LogP contribution in [0.5, 0.6) is 5.75 Å². The van der Waals surface area contributed by atoms with Crippen molar-refractivity contribution in [2.24, 2.45) is 0 Å². The molecule has 0 aliphatic heterocycles. The van der Waals surface area contributed by atoms with Crippen molar-refractivity contribution in [3.63, 3.8) is 0 Å². The normalized spacial score (nSPS) is 12.4. The van der Waals surface area contributed by atoms with Crippen LogP contribution in [0.2, 0.25) is 0 Å². The summed E-state index contributed by atoms with van der Waals surface area (Å²) >= 11 is 1.45. The van der Waals surface area contributed by atoms with Crippen molar-refractivity contribution in [1.82, 2.24) is 4.98 Å². The van der Waals surface area contributed by atoms with Gasteiger partial charge in [-0.3, -0.25) is 0 Å². The molecule has 0 aliphatic carbocycles. The molecule has 0 spiro atoms. The fourth-order valence-electron chi connectivity index (χ4n) is 1.88. The number of rotatable bonds is 4. The minimum absolute atomic E-state index is 0.533. The van der Waals surface area contributed by atoms with Crippen LogP contribution < -0.4 is 10.5 Å². The van der Waals surface area contributed by atoms with Gasteiger partial charge in [0.1, 0.15) is 5.75 Å². The second kappa shape index (κ2) is 5.40. The lowest BCUT2D eigenvalue weighted by Gasteiger charge is -2.13. The highest BCUT2D eigenvalue weighted by Gasteiger charge is 2.12. The third-order valence-corrected chi connectivity index (χ3v) is 3.88. The summed E-state index contributed by atoms with van der Waals surface area (Å²) in [6.45, 7) is 4.41. The van der Waals surface area contributed by atoms with Gasteiger partial charge < -0.3 is 10.5 Å². The Kier molecular flexibility index (Phi) is 3.87. The number of nitrogens with two attached hydrogens (primary N) is 1. The number of ether oxygens (including phenoxy) is 1. The molecule has 0 unspecified atom stereocenters. The van der Waals surface area contributed by atoms with Gasteiger partial charge in [-0.25, -0.2) is 4.98 Å². The van der Waals surface area contributed by atoms with E-state index in [1.54, 1.807) is 7.11 Å². The average molecular weight is 262 g/mol. The molecular weight excluding hydrogens is 244 g/mol. The molecule has 0 bridgehead atoms. The molecule has 2 rings (SSSR count). The molecule has 4 heteroatoms. The van der Waals surface area contributed by atoms with Crippen molar-refractivity contribution in [3.8, 4) is 17.0 Å². The highest BCUT2D eigenvalue weighted by Crippen LogP contribution is 2.34. The van der Waals surface area contributed by atoms with Gasteiger partial charge in [-0.1, -0.05) is 19.9 Å². The predicted molar refractivity (Wildman–Crippen MR) is 77.2 cm³/mol. The summed E-state index contributed by atoms with van der Waals surface area (Å²) in [7, 11) is 1.68. The lowest BCUT2D eigenvalue weighted by molar-refractivity contribution is 0.416. The smallest absolute Gasteiger partial charge is 0.180 e. The monoisotopic (exact) mass is 262 g/mol. The summed E-state index contributed by atoms with van der Waals surface area (Å²) in [6, 6.07) is 6.28. The highest BCUT2D eigenvalue weighted by molar-refractivity contribution is 7.13. The van der Waals surface area contributed by atoms with E-state index >= 15 is 0 Å². The largest absolute Gasteiger partial charge is 0.496 e. The van der Waals surface area contributed by atoms with E-state index in [2.05, 4.69) is 31.0 Å². The number of thiazole rings is 1. The van der Waals surface area contributed by atoms with Crippen molar-refractivity contribution in [3.05, 3.63) is 29.1 Å². The van der Waals surface area contributed by atoms with Crippen molar-refractivity contribution in [2.45, 2.75) is 26.2 Å².